The molecule has 2 saturated heterocycles. The van der Waals surface area contributed by atoms with Crippen molar-refractivity contribution >= 4 is 0 Å². The van der Waals surface area contributed by atoms with Gasteiger partial charge in [-0.1, -0.05) is 6.42 Å². The third-order valence-corrected chi connectivity index (χ3v) is 4.51. The van der Waals surface area contributed by atoms with E-state index in [1.165, 1.54) is 51.7 Å². The molecule has 1 N–H and O–H groups in total. The number of aliphatic hydroxyl groups is 1. The van der Waals surface area contributed by atoms with Crippen molar-refractivity contribution in [2.24, 2.45) is 5.92 Å². The average molecular weight is 224 g/mol. The molecule has 16 heavy (non-hydrogen) atoms. The predicted molar refractivity (Wildman–Crippen MR) is 64.4 cm³/mol. The first kappa shape index (κ1) is 11.0. The fourth-order valence-corrected chi connectivity index (χ4v) is 3.23. The summed E-state index contributed by atoms with van der Waals surface area (Å²) in [5.41, 5.74) is -0.290. The quantitative estimate of drug-likeness (QED) is 0.769. The number of hydrogen-bond donors (Lipinski definition) is 1. The van der Waals surface area contributed by atoms with E-state index in [0.29, 0.717) is 5.92 Å². The second kappa shape index (κ2) is 4.28. The summed E-state index contributed by atoms with van der Waals surface area (Å²) in [5, 5.41) is 10.2. The van der Waals surface area contributed by atoms with E-state index < -0.39 is 0 Å². The minimum absolute atomic E-state index is 0.290. The second-order valence-electron chi connectivity index (χ2n) is 5.99. The van der Waals surface area contributed by atoms with Gasteiger partial charge < -0.3 is 10.0 Å². The minimum Gasteiger partial charge on any atom is -0.387 e. The van der Waals surface area contributed by atoms with Crippen LogP contribution in [0.3, 0.4) is 0 Å². The van der Waals surface area contributed by atoms with Crippen LogP contribution in [0.1, 0.15) is 32.1 Å². The van der Waals surface area contributed by atoms with Crippen LogP contribution in [0.4, 0.5) is 0 Å². The van der Waals surface area contributed by atoms with E-state index in [9.17, 15) is 5.11 Å². The predicted octanol–water partition coefficient (Wildman–Crippen LogP) is 0.929. The lowest BCUT2D eigenvalue weighted by Crippen LogP contribution is -2.64. The highest BCUT2D eigenvalue weighted by molar-refractivity contribution is 5.05. The van der Waals surface area contributed by atoms with Crippen molar-refractivity contribution in [2.75, 3.05) is 39.3 Å². The van der Waals surface area contributed by atoms with Gasteiger partial charge in [0.25, 0.3) is 0 Å². The molecule has 0 aromatic carbocycles. The molecule has 1 aliphatic carbocycles. The Kier molecular flexibility index (Phi) is 2.94. The van der Waals surface area contributed by atoms with E-state index in [2.05, 4.69) is 9.80 Å². The summed E-state index contributed by atoms with van der Waals surface area (Å²) in [4.78, 5) is 5.00. The Bertz CT molecular complexity index is 240. The Morgan fingerprint density at radius 3 is 2.19 bits per heavy atom. The molecule has 0 aromatic rings. The molecule has 0 atom stereocenters. The molecule has 2 heterocycles. The number of rotatable bonds is 4. The molecule has 0 radical (unpaired) electrons. The highest BCUT2D eigenvalue weighted by Gasteiger charge is 2.51. The van der Waals surface area contributed by atoms with E-state index in [4.69, 9.17) is 0 Å². The lowest BCUT2D eigenvalue weighted by molar-refractivity contribution is -0.114. The number of β-amino-alcohol motifs (C(OH)–C–C–N with tert-alkyl or cyclic N) is 1. The summed E-state index contributed by atoms with van der Waals surface area (Å²) >= 11 is 0. The molecule has 3 fully saturated rings. The van der Waals surface area contributed by atoms with E-state index >= 15 is 0 Å². The van der Waals surface area contributed by atoms with Crippen molar-refractivity contribution in [3.63, 3.8) is 0 Å². The van der Waals surface area contributed by atoms with Crippen molar-refractivity contribution in [1.29, 1.82) is 0 Å². The van der Waals surface area contributed by atoms with Crippen molar-refractivity contribution in [2.45, 2.75) is 37.7 Å². The van der Waals surface area contributed by atoms with Gasteiger partial charge in [-0.25, -0.2) is 0 Å². The maximum Gasteiger partial charge on any atom is 0.0928 e. The van der Waals surface area contributed by atoms with Gasteiger partial charge >= 0.3 is 0 Å². The van der Waals surface area contributed by atoms with Gasteiger partial charge in [-0.3, -0.25) is 4.90 Å². The molecule has 3 aliphatic rings. The zero-order valence-corrected chi connectivity index (χ0v) is 10.2. The van der Waals surface area contributed by atoms with Crippen LogP contribution in [0, 0.1) is 5.92 Å². The van der Waals surface area contributed by atoms with Gasteiger partial charge in [0, 0.05) is 26.2 Å². The van der Waals surface area contributed by atoms with Crippen LogP contribution in [0.25, 0.3) is 0 Å². The average Bonchev–Trinajstić information content (AvgIpc) is 3.08. The smallest absolute Gasteiger partial charge is 0.0928 e. The van der Waals surface area contributed by atoms with Gasteiger partial charge in [0.2, 0.25) is 0 Å². The molecule has 1 saturated carbocycles. The summed E-state index contributed by atoms with van der Waals surface area (Å²) in [6.45, 7) is 6.83. The topological polar surface area (TPSA) is 26.7 Å². The normalized spacial score (nSPS) is 31.3. The molecule has 3 nitrogen and oxygen atoms in total. The molecule has 3 heteroatoms. The molecular formula is C13H24N2O. The molecule has 0 aromatic heterocycles. The van der Waals surface area contributed by atoms with Crippen LogP contribution in [0.5, 0.6) is 0 Å². The second-order valence-corrected chi connectivity index (χ2v) is 5.99. The maximum atomic E-state index is 10.2. The van der Waals surface area contributed by atoms with Gasteiger partial charge in [-0.15, -0.1) is 0 Å². The Balaban J connectivity index is 1.34. The van der Waals surface area contributed by atoms with Gasteiger partial charge in [-0.05, 0) is 44.7 Å². The van der Waals surface area contributed by atoms with E-state index in [0.717, 1.165) is 19.6 Å². The molecule has 0 unspecified atom stereocenters. The highest BCUT2D eigenvalue weighted by Crippen LogP contribution is 2.44. The van der Waals surface area contributed by atoms with Crippen molar-refractivity contribution < 1.29 is 5.11 Å². The lowest BCUT2D eigenvalue weighted by Gasteiger charge is -2.47. The summed E-state index contributed by atoms with van der Waals surface area (Å²) in [5.74, 6) is 0.638. The number of nitrogens with zero attached hydrogens (tertiary/aromatic N) is 2. The highest BCUT2D eigenvalue weighted by atomic mass is 16.3. The van der Waals surface area contributed by atoms with E-state index in [1.807, 2.05) is 0 Å². The van der Waals surface area contributed by atoms with Crippen LogP contribution in [0.2, 0.25) is 0 Å². The molecule has 0 bridgehead atoms. The van der Waals surface area contributed by atoms with Gasteiger partial charge in [0.1, 0.15) is 0 Å². The Labute approximate surface area is 98.4 Å². The number of piperidine rings is 1. The summed E-state index contributed by atoms with van der Waals surface area (Å²) in [7, 11) is 0. The lowest BCUT2D eigenvalue weighted by atomic mass is 9.89. The van der Waals surface area contributed by atoms with Crippen LogP contribution in [0.15, 0.2) is 0 Å². The van der Waals surface area contributed by atoms with Crippen molar-refractivity contribution in [1.82, 2.24) is 9.80 Å². The minimum atomic E-state index is -0.290. The van der Waals surface area contributed by atoms with E-state index in [1.54, 1.807) is 0 Å². The van der Waals surface area contributed by atoms with Gasteiger partial charge in [-0.2, -0.15) is 0 Å². The van der Waals surface area contributed by atoms with E-state index in [-0.39, 0.29) is 5.60 Å². The Hall–Kier alpha value is -0.120. The van der Waals surface area contributed by atoms with Crippen molar-refractivity contribution in [3.05, 3.63) is 0 Å². The zero-order valence-electron chi connectivity index (χ0n) is 10.2. The van der Waals surface area contributed by atoms with Crippen LogP contribution in [-0.4, -0.2) is 59.8 Å². The zero-order chi connectivity index (χ0) is 11.0. The molecule has 0 spiro atoms. The largest absolute Gasteiger partial charge is 0.387 e. The molecule has 2 aliphatic heterocycles. The molecular weight excluding hydrogens is 200 g/mol. The maximum absolute atomic E-state index is 10.2. The summed E-state index contributed by atoms with van der Waals surface area (Å²) in [6, 6.07) is 0. The molecule has 0 amide bonds. The summed E-state index contributed by atoms with van der Waals surface area (Å²) in [6.07, 6.45) is 6.70. The first-order valence-corrected chi connectivity index (χ1v) is 6.93. The Morgan fingerprint density at radius 1 is 0.938 bits per heavy atom. The van der Waals surface area contributed by atoms with Crippen molar-refractivity contribution in [3.8, 4) is 0 Å². The Morgan fingerprint density at radius 2 is 1.56 bits per heavy atom. The third kappa shape index (κ3) is 2.27. The fraction of sp³-hybridized carbons (Fsp3) is 1.00. The summed E-state index contributed by atoms with van der Waals surface area (Å²) < 4.78 is 0. The molecule has 92 valence electrons. The fourth-order valence-electron chi connectivity index (χ4n) is 3.23. The third-order valence-electron chi connectivity index (χ3n) is 4.51. The monoisotopic (exact) mass is 224 g/mol. The van der Waals surface area contributed by atoms with Gasteiger partial charge in [0.05, 0.1) is 5.60 Å². The number of hydrogen-bond acceptors (Lipinski definition) is 3. The van der Waals surface area contributed by atoms with Gasteiger partial charge in [0.15, 0.2) is 0 Å². The number of likely N-dealkylation sites (tertiary alicyclic amines) is 2. The van der Waals surface area contributed by atoms with Crippen LogP contribution < -0.4 is 0 Å². The standard InChI is InChI=1S/C13H24N2O/c16-13(12-4-5-12)10-15(11-13)9-8-14-6-2-1-3-7-14/h12,16H,1-11H2. The van der Waals surface area contributed by atoms with Crippen LogP contribution >= 0.6 is 0 Å². The van der Waals surface area contributed by atoms with Crippen LogP contribution in [-0.2, 0) is 0 Å². The molecule has 3 rings (SSSR count). The first-order valence-electron chi connectivity index (χ1n) is 6.93. The SMILES string of the molecule is OC1(C2CC2)CN(CCN2CCCCC2)C1. The first-order chi connectivity index (χ1) is 7.76.